The zero-order valence-electron chi connectivity index (χ0n) is 17.8. The van der Waals surface area contributed by atoms with Crippen LogP contribution < -0.4 is 15.4 Å². The second kappa shape index (κ2) is 10.8. The summed E-state index contributed by atoms with van der Waals surface area (Å²) in [4.78, 5) is 6.68. The predicted octanol–water partition coefficient (Wildman–Crippen LogP) is 4.65. The zero-order chi connectivity index (χ0) is 21.8. The molecule has 1 aliphatic heterocycles. The highest BCUT2D eigenvalue weighted by atomic mass is 127. The summed E-state index contributed by atoms with van der Waals surface area (Å²) in [5.41, 5.74) is 0.554. The van der Waals surface area contributed by atoms with Crippen LogP contribution in [0.4, 0.5) is 13.2 Å². The lowest BCUT2D eigenvalue weighted by Crippen LogP contribution is -2.43. The number of aliphatic imine (C=N–C) groups is 1. The number of nitrogens with one attached hydrogen (secondary N) is 2. The number of para-hydroxylation sites is 1. The van der Waals surface area contributed by atoms with Crippen molar-refractivity contribution in [1.82, 2.24) is 15.5 Å². The first-order valence-corrected chi connectivity index (χ1v) is 10.5. The fraction of sp³-hybridized carbons (Fsp3) is 0.500. The van der Waals surface area contributed by atoms with Gasteiger partial charge in [-0.2, -0.15) is 0 Å². The van der Waals surface area contributed by atoms with Crippen LogP contribution in [0.15, 0.2) is 52.1 Å². The number of halogens is 4. The van der Waals surface area contributed by atoms with E-state index in [1.165, 1.54) is 18.9 Å². The summed E-state index contributed by atoms with van der Waals surface area (Å²) in [5.74, 6) is 1.33. The van der Waals surface area contributed by atoms with Crippen LogP contribution in [-0.2, 0) is 0 Å². The van der Waals surface area contributed by atoms with Crippen LogP contribution in [-0.4, -0.2) is 49.9 Å². The Morgan fingerprint density at radius 2 is 1.97 bits per heavy atom. The monoisotopic (exact) mass is 564 g/mol. The molecule has 0 amide bonds. The van der Waals surface area contributed by atoms with Gasteiger partial charge < -0.3 is 19.8 Å². The Balaban J connectivity index is 0.00000289. The standard InChI is InChI=1S/C22H27F3N4O2.HI/c1-26-21(27-14-18(20-9-6-12-30-20)29-10-4-5-11-29)28-17-13-16(17)15-7-2-3-8-19(15)31-22(23,24)25;/h2-3,6-9,12,16-18H,4-5,10-11,13-14H2,1H3,(H2,26,27,28);1H. The number of nitrogens with zero attached hydrogens (tertiary/aromatic N) is 2. The normalized spacial score (nSPS) is 22.2. The van der Waals surface area contributed by atoms with E-state index < -0.39 is 6.36 Å². The van der Waals surface area contributed by atoms with E-state index in [1.807, 2.05) is 12.1 Å². The van der Waals surface area contributed by atoms with Crippen LogP contribution in [0.2, 0.25) is 0 Å². The molecule has 6 nitrogen and oxygen atoms in total. The predicted molar refractivity (Wildman–Crippen MR) is 126 cm³/mol. The number of alkyl halides is 3. The smallest absolute Gasteiger partial charge is 0.468 e. The maximum Gasteiger partial charge on any atom is 0.573 e. The summed E-state index contributed by atoms with van der Waals surface area (Å²) in [6, 6.07) is 10.3. The van der Waals surface area contributed by atoms with E-state index >= 15 is 0 Å². The molecule has 10 heteroatoms. The van der Waals surface area contributed by atoms with Gasteiger partial charge in [-0.25, -0.2) is 0 Å². The second-order valence-corrected chi connectivity index (χ2v) is 7.91. The van der Waals surface area contributed by atoms with Gasteiger partial charge in [0.2, 0.25) is 0 Å². The summed E-state index contributed by atoms with van der Waals surface area (Å²) < 4.78 is 48.0. The minimum Gasteiger partial charge on any atom is -0.468 e. The fourth-order valence-corrected chi connectivity index (χ4v) is 4.21. The second-order valence-electron chi connectivity index (χ2n) is 7.91. The topological polar surface area (TPSA) is 62.0 Å². The van der Waals surface area contributed by atoms with Gasteiger partial charge in [-0.05, 0) is 56.1 Å². The highest BCUT2D eigenvalue weighted by Gasteiger charge is 2.42. The molecule has 1 saturated carbocycles. The molecule has 1 aliphatic carbocycles. The van der Waals surface area contributed by atoms with E-state index in [0.717, 1.165) is 18.8 Å². The summed E-state index contributed by atoms with van der Waals surface area (Å²) in [6.45, 7) is 2.68. The molecule has 1 aromatic carbocycles. The van der Waals surface area contributed by atoms with Crippen LogP contribution in [0.3, 0.4) is 0 Å². The number of hydrogen-bond acceptors (Lipinski definition) is 4. The van der Waals surface area contributed by atoms with Crippen molar-refractivity contribution in [2.75, 3.05) is 26.7 Å². The molecule has 0 bridgehead atoms. The van der Waals surface area contributed by atoms with E-state index in [0.29, 0.717) is 24.5 Å². The molecule has 4 rings (SSSR count). The molecular weight excluding hydrogens is 536 g/mol. The molecule has 2 fully saturated rings. The van der Waals surface area contributed by atoms with Crippen molar-refractivity contribution in [1.29, 1.82) is 0 Å². The molecular formula is C22H28F3IN4O2. The van der Waals surface area contributed by atoms with Crippen molar-refractivity contribution in [3.63, 3.8) is 0 Å². The van der Waals surface area contributed by atoms with Gasteiger partial charge in [0.05, 0.1) is 12.3 Å². The largest absolute Gasteiger partial charge is 0.573 e. The minimum absolute atomic E-state index is 0. The molecule has 32 heavy (non-hydrogen) atoms. The molecule has 1 aromatic heterocycles. The van der Waals surface area contributed by atoms with Crippen LogP contribution in [0.25, 0.3) is 0 Å². The number of hydrogen-bond donors (Lipinski definition) is 2. The molecule has 3 atom stereocenters. The Kier molecular flexibility index (Phi) is 8.32. The van der Waals surface area contributed by atoms with Crippen LogP contribution in [0.1, 0.15) is 42.5 Å². The Labute approximate surface area is 202 Å². The molecule has 176 valence electrons. The number of furan rings is 1. The molecule has 2 N–H and O–H groups in total. The first-order chi connectivity index (χ1) is 14.9. The van der Waals surface area contributed by atoms with Crippen molar-refractivity contribution in [2.45, 2.75) is 43.6 Å². The van der Waals surface area contributed by atoms with Crippen molar-refractivity contribution >= 4 is 29.9 Å². The zero-order valence-corrected chi connectivity index (χ0v) is 20.1. The van der Waals surface area contributed by atoms with Crippen LogP contribution in [0, 0.1) is 0 Å². The van der Waals surface area contributed by atoms with Crippen molar-refractivity contribution in [3.05, 3.63) is 54.0 Å². The molecule has 0 spiro atoms. The van der Waals surface area contributed by atoms with E-state index in [2.05, 4.69) is 25.3 Å². The van der Waals surface area contributed by atoms with Gasteiger partial charge in [0.15, 0.2) is 5.96 Å². The Morgan fingerprint density at radius 1 is 1.22 bits per heavy atom. The van der Waals surface area contributed by atoms with E-state index in [9.17, 15) is 13.2 Å². The molecule has 0 radical (unpaired) electrons. The molecule has 2 aromatic rings. The van der Waals surface area contributed by atoms with Gasteiger partial charge in [0, 0.05) is 25.6 Å². The molecule has 1 saturated heterocycles. The van der Waals surface area contributed by atoms with Gasteiger partial charge >= 0.3 is 6.36 Å². The lowest BCUT2D eigenvalue weighted by Gasteiger charge is -2.26. The minimum atomic E-state index is -4.71. The van der Waals surface area contributed by atoms with E-state index in [-0.39, 0.29) is 47.7 Å². The Hall–Kier alpha value is -1.95. The highest BCUT2D eigenvalue weighted by Crippen LogP contribution is 2.45. The third-order valence-corrected chi connectivity index (χ3v) is 5.80. The average Bonchev–Trinajstić information content (AvgIpc) is 3.14. The lowest BCUT2D eigenvalue weighted by atomic mass is 10.1. The first kappa shape index (κ1) is 24.7. The average molecular weight is 564 g/mol. The van der Waals surface area contributed by atoms with Crippen LogP contribution in [0.5, 0.6) is 5.75 Å². The summed E-state index contributed by atoms with van der Waals surface area (Å²) in [5, 5.41) is 6.68. The molecule has 2 heterocycles. The fourth-order valence-electron chi connectivity index (χ4n) is 4.21. The SMILES string of the molecule is CN=C(NCC(c1ccco1)N1CCCC1)NC1CC1c1ccccc1OC(F)(F)F.I. The van der Waals surface area contributed by atoms with E-state index in [4.69, 9.17) is 4.42 Å². The quantitative estimate of drug-likeness (QED) is 0.291. The van der Waals surface area contributed by atoms with Gasteiger partial charge in [-0.1, -0.05) is 18.2 Å². The molecule has 3 unspecified atom stereocenters. The van der Waals surface area contributed by atoms with Gasteiger partial charge in [-0.15, -0.1) is 37.1 Å². The summed E-state index contributed by atoms with van der Waals surface area (Å²) in [6.07, 6.45) is 0.0377. The number of guanidine groups is 1. The van der Waals surface area contributed by atoms with Crippen molar-refractivity contribution < 1.29 is 22.3 Å². The first-order valence-electron chi connectivity index (χ1n) is 10.5. The maximum absolute atomic E-state index is 12.7. The molecule has 2 aliphatic rings. The number of benzene rings is 1. The summed E-state index contributed by atoms with van der Waals surface area (Å²) in [7, 11) is 1.69. The van der Waals surface area contributed by atoms with Crippen molar-refractivity contribution in [2.24, 2.45) is 4.99 Å². The van der Waals surface area contributed by atoms with Crippen molar-refractivity contribution in [3.8, 4) is 5.75 Å². The third kappa shape index (κ3) is 6.31. The van der Waals surface area contributed by atoms with Gasteiger partial charge in [-0.3, -0.25) is 9.89 Å². The Morgan fingerprint density at radius 3 is 2.62 bits per heavy atom. The number of rotatable bonds is 7. The van der Waals surface area contributed by atoms with E-state index in [1.54, 1.807) is 31.5 Å². The van der Waals surface area contributed by atoms with Crippen LogP contribution >= 0.6 is 24.0 Å². The number of likely N-dealkylation sites (tertiary alicyclic amines) is 1. The lowest BCUT2D eigenvalue weighted by molar-refractivity contribution is -0.274. The van der Waals surface area contributed by atoms with Gasteiger partial charge in [0.1, 0.15) is 11.5 Å². The maximum atomic E-state index is 12.7. The number of ether oxygens (including phenoxy) is 1. The summed E-state index contributed by atoms with van der Waals surface area (Å²) >= 11 is 0. The third-order valence-electron chi connectivity index (χ3n) is 5.80. The highest BCUT2D eigenvalue weighted by molar-refractivity contribution is 14.0. The van der Waals surface area contributed by atoms with Gasteiger partial charge in [0.25, 0.3) is 0 Å². The Bertz CT molecular complexity index is 886.